The van der Waals surface area contributed by atoms with Crippen LogP contribution in [0.4, 0.5) is 10.1 Å². The molecule has 0 radical (unpaired) electrons. The highest BCUT2D eigenvalue weighted by molar-refractivity contribution is 6.30. The minimum atomic E-state index is -0.262. The largest absolute Gasteiger partial charge is 0.380 e. The molecule has 1 aliphatic rings. The van der Waals surface area contributed by atoms with Crippen molar-refractivity contribution in [2.75, 3.05) is 5.32 Å². The van der Waals surface area contributed by atoms with E-state index in [-0.39, 0.29) is 5.82 Å². The van der Waals surface area contributed by atoms with E-state index in [0.717, 1.165) is 12.3 Å². The predicted octanol–water partition coefficient (Wildman–Crippen LogP) is 4.08. The molecule has 1 saturated carbocycles. The van der Waals surface area contributed by atoms with Gasteiger partial charge in [0, 0.05) is 11.1 Å². The van der Waals surface area contributed by atoms with E-state index >= 15 is 0 Å². The SMILES string of the molecule is CCC(Nc1ccc(Cl)cc1F)C1CC1. The lowest BCUT2D eigenvalue weighted by molar-refractivity contribution is 0.594. The van der Waals surface area contributed by atoms with Crippen LogP contribution in [0.3, 0.4) is 0 Å². The van der Waals surface area contributed by atoms with E-state index in [1.54, 1.807) is 12.1 Å². The van der Waals surface area contributed by atoms with Crippen molar-refractivity contribution in [3.8, 4) is 0 Å². The Hall–Kier alpha value is -0.760. The molecule has 1 nitrogen and oxygen atoms in total. The summed E-state index contributed by atoms with van der Waals surface area (Å²) in [6.45, 7) is 2.13. The lowest BCUT2D eigenvalue weighted by Gasteiger charge is -2.18. The van der Waals surface area contributed by atoms with Crippen LogP contribution in [0.15, 0.2) is 18.2 Å². The van der Waals surface area contributed by atoms with Crippen molar-refractivity contribution in [1.29, 1.82) is 0 Å². The second-order valence-corrected chi connectivity index (χ2v) is 4.56. The molecule has 0 spiro atoms. The highest BCUT2D eigenvalue weighted by Crippen LogP contribution is 2.36. The van der Waals surface area contributed by atoms with Crippen LogP contribution in [0.25, 0.3) is 0 Å². The second kappa shape index (κ2) is 4.40. The van der Waals surface area contributed by atoms with Crippen molar-refractivity contribution in [2.24, 2.45) is 5.92 Å². The van der Waals surface area contributed by atoms with Crippen molar-refractivity contribution in [2.45, 2.75) is 32.2 Å². The summed E-state index contributed by atoms with van der Waals surface area (Å²) in [5.41, 5.74) is 0.568. The number of rotatable bonds is 4. The molecule has 1 aromatic rings. The Morgan fingerprint density at radius 2 is 2.27 bits per heavy atom. The molecule has 0 heterocycles. The summed E-state index contributed by atoms with van der Waals surface area (Å²) in [6.07, 6.45) is 3.56. The van der Waals surface area contributed by atoms with Gasteiger partial charge in [0.2, 0.25) is 0 Å². The molecule has 2 rings (SSSR count). The van der Waals surface area contributed by atoms with Crippen LogP contribution in [-0.4, -0.2) is 6.04 Å². The fourth-order valence-electron chi connectivity index (χ4n) is 1.86. The average Bonchev–Trinajstić information content (AvgIpc) is 3.00. The van der Waals surface area contributed by atoms with E-state index in [2.05, 4.69) is 12.2 Å². The van der Waals surface area contributed by atoms with Gasteiger partial charge in [0.05, 0.1) is 5.69 Å². The van der Waals surface area contributed by atoms with Crippen LogP contribution >= 0.6 is 11.6 Å². The van der Waals surface area contributed by atoms with Gasteiger partial charge in [-0.2, -0.15) is 0 Å². The number of nitrogens with one attached hydrogen (secondary N) is 1. The van der Waals surface area contributed by atoms with E-state index < -0.39 is 0 Å². The highest BCUT2D eigenvalue weighted by atomic mass is 35.5. The Morgan fingerprint density at radius 3 is 2.80 bits per heavy atom. The first-order chi connectivity index (χ1) is 7.20. The summed E-state index contributed by atoms with van der Waals surface area (Å²) in [7, 11) is 0. The monoisotopic (exact) mass is 227 g/mol. The van der Waals surface area contributed by atoms with Gasteiger partial charge in [0.1, 0.15) is 5.82 Å². The van der Waals surface area contributed by atoms with Crippen molar-refractivity contribution in [3.05, 3.63) is 29.0 Å². The summed E-state index contributed by atoms with van der Waals surface area (Å²) < 4.78 is 13.5. The van der Waals surface area contributed by atoms with Crippen LogP contribution in [0, 0.1) is 11.7 Å². The molecule has 82 valence electrons. The Morgan fingerprint density at radius 1 is 1.53 bits per heavy atom. The molecular formula is C12H15ClFN. The van der Waals surface area contributed by atoms with Crippen molar-refractivity contribution < 1.29 is 4.39 Å². The fraction of sp³-hybridized carbons (Fsp3) is 0.500. The standard InChI is InChI=1S/C12H15ClFN/c1-2-11(8-3-4-8)15-12-6-5-9(13)7-10(12)14/h5-8,11,15H,2-4H2,1H3. The lowest BCUT2D eigenvalue weighted by atomic mass is 10.1. The van der Waals surface area contributed by atoms with Gasteiger partial charge in [0.15, 0.2) is 0 Å². The first kappa shape index (κ1) is 10.7. The van der Waals surface area contributed by atoms with Crippen LogP contribution in [-0.2, 0) is 0 Å². The molecule has 0 amide bonds. The molecule has 0 aromatic heterocycles. The zero-order valence-corrected chi connectivity index (χ0v) is 9.52. The molecule has 1 atom stereocenters. The van der Waals surface area contributed by atoms with Gasteiger partial charge in [-0.1, -0.05) is 18.5 Å². The van der Waals surface area contributed by atoms with Crippen molar-refractivity contribution in [1.82, 2.24) is 0 Å². The van der Waals surface area contributed by atoms with Gasteiger partial charge in [-0.25, -0.2) is 4.39 Å². The van der Waals surface area contributed by atoms with Crippen LogP contribution in [0.5, 0.6) is 0 Å². The van der Waals surface area contributed by atoms with Gasteiger partial charge >= 0.3 is 0 Å². The minimum absolute atomic E-state index is 0.262. The molecule has 1 unspecified atom stereocenters. The first-order valence-corrected chi connectivity index (χ1v) is 5.80. The van der Waals surface area contributed by atoms with E-state index in [1.165, 1.54) is 18.9 Å². The summed E-state index contributed by atoms with van der Waals surface area (Å²) in [5.74, 6) is 0.465. The Kier molecular flexibility index (Phi) is 3.15. The van der Waals surface area contributed by atoms with Crippen molar-refractivity contribution in [3.63, 3.8) is 0 Å². The number of hydrogen-bond donors (Lipinski definition) is 1. The maximum Gasteiger partial charge on any atom is 0.147 e. The van der Waals surface area contributed by atoms with Gasteiger partial charge in [-0.05, 0) is 43.4 Å². The minimum Gasteiger partial charge on any atom is -0.380 e. The second-order valence-electron chi connectivity index (χ2n) is 4.12. The van der Waals surface area contributed by atoms with Crippen LogP contribution in [0.2, 0.25) is 5.02 Å². The normalized spacial score (nSPS) is 17.5. The summed E-state index contributed by atoms with van der Waals surface area (Å²) >= 11 is 5.69. The topological polar surface area (TPSA) is 12.0 Å². The molecule has 15 heavy (non-hydrogen) atoms. The molecule has 1 N–H and O–H groups in total. The smallest absolute Gasteiger partial charge is 0.147 e. The van der Waals surface area contributed by atoms with Gasteiger partial charge in [-0.3, -0.25) is 0 Å². The number of benzene rings is 1. The van der Waals surface area contributed by atoms with E-state index in [1.807, 2.05) is 0 Å². The summed E-state index contributed by atoms with van der Waals surface area (Å²) in [6, 6.07) is 5.18. The zero-order valence-electron chi connectivity index (χ0n) is 8.76. The maximum atomic E-state index is 13.5. The molecular weight excluding hydrogens is 213 g/mol. The highest BCUT2D eigenvalue weighted by Gasteiger charge is 2.30. The summed E-state index contributed by atoms with van der Waals surface area (Å²) in [5, 5.41) is 3.69. The molecule has 1 fully saturated rings. The third-order valence-corrected chi connectivity index (χ3v) is 3.14. The molecule has 1 aromatic carbocycles. The Bertz CT molecular complexity index is 349. The van der Waals surface area contributed by atoms with Gasteiger partial charge in [0.25, 0.3) is 0 Å². The molecule has 3 heteroatoms. The lowest BCUT2D eigenvalue weighted by Crippen LogP contribution is -2.21. The van der Waals surface area contributed by atoms with E-state index in [0.29, 0.717) is 16.8 Å². The van der Waals surface area contributed by atoms with Gasteiger partial charge < -0.3 is 5.32 Å². The fourth-order valence-corrected chi connectivity index (χ4v) is 2.02. The average molecular weight is 228 g/mol. The maximum absolute atomic E-state index is 13.5. The van der Waals surface area contributed by atoms with Crippen molar-refractivity contribution >= 4 is 17.3 Å². The van der Waals surface area contributed by atoms with Crippen LogP contribution < -0.4 is 5.32 Å². The first-order valence-electron chi connectivity index (χ1n) is 5.42. The molecule has 0 aliphatic heterocycles. The number of anilines is 1. The third-order valence-electron chi connectivity index (χ3n) is 2.90. The van der Waals surface area contributed by atoms with Crippen LogP contribution in [0.1, 0.15) is 26.2 Å². The Labute approximate surface area is 94.6 Å². The Balaban J connectivity index is 2.08. The number of hydrogen-bond acceptors (Lipinski definition) is 1. The zero-order chi connectivity index (χ0) is 10.8. The summed E-state index contributed by atoms with van der Waals surface area (Å²) in [4.78, 5) is 0. The number of halogens is 2. The molecule has 1 aliphatic carbocycles. The molecule has 0 bridgehead atoms. The molecule has 0 saturated heterocycles. The predicted molar refractivity (Wildman–Crippen MR) is 61.8 cm³/mol. The van der Waals surface area contributed by atoms with E-state index in [9.17, 15) is 4.39 Å². The van der Waals surface area contributed by atoms with E-state index in [4.69, 9.17) is 11.6 Å². The quantitative estimate of drug-likeness (QED) is 0.817. The van der Waals surface area contributed by atoms with Gasteiger partial charge in [-0.15, -0.1) is 0 Å². The third kappa shape index (κ3) is 2.63.